The maximum absolute atomic E-state index is 11.9. The summed E-state index contributed by atoms with van der Waals surface area (Å²) in [5, 5.41) is 14.2. The van der Waals surface area contributed by atoms with Crippen LogP contribution >= 0.6 is 11.6 Å². The van der Waals surface area contributed by atoms with Gasteiger partial charge in [0.15, 0.2) is 0 Å². The van der Waals surface area contributed by atoms with Crippen LogP contribution < -0.4 is 5.32 Å². The van der Waals surface area contributed by atoms with Crippen LogP contribution in [-0.4, -0.2) is 28.6 Å². The number of rotatable bonds is 6. The molecule has 2 aromatic rings. The van der Waals surface area contributed by atoms with Gasteiger partial charge < -0.3 is 15.4 Å². The van der Waals surface area contributed by atoms with Crippen LogP contribution in [0.25, 0.3) is 10.9 Å². The van der Waals surface area contributed by atoms with Crippen LogP contribution in [0.15, 0.2) is 24.4 Å². The van der Waals surface area contributed by atoms with Crippen molar-refractivity contribution in [2.45, 2.75) is 32.8 Å². The molecule has 1 aromatic heterocycles. The van der Waals surface area contributed by atoms with Crippen molar-refractivity contribution >= 4 is 28.4 Å². The first kappa shape index (κ1) is 15.9. The van der Waals surface area contributed by atoms with Gasteiger partial charge in [0, 0.05) is 28.7 Å². The number of hydrogen-bond donors (Lipinski definition) is 3. The van der Waals surface area contributed by atoms with E-state index >= 15 is 0 Å². The number of aromatic amines is 1. The van der Waals surface area contributed by atoms with E-state index in [1.54, 1.807) is 0 Å². The molecule has 114 valence electrons. The Bertz CT molecular complexity index is 622. The highest BCUT2D eigenvalue weighted by molar-refractivity contribution is 6.31. The minimum Gasteiger partial charge on any atom is -0.391 e. The summed E-state index contributed by atoms with van der Waals surface area (Å²) < 4.78 is 0. The predicted octanol–water partition coefficient (Wildman–Crippen LogP) is 2.89. The van der Waals surface area contributed by atoms with Crippen molar-refractivity contribution in [2.75, 3.05) is 6.54 Å². The molecule has 3 N–H and O–H groups in total. The first-order chi connectivity index (χ1) is 9.95. The number of amides is 1. The summed E-state index contributed by atoms with van der Waals surface area (Å²) >= 11 is 5.93. The second-order valence-electron chi connectivity index (χ2n) is 5.77. The highest BCUT2D eigenvalue weighted by Crippen LogP contribution is 2.22. The molecule has 2 rings (SSSR count). The van der Waals surface area contributed by atoms with Crippen molar-refractivity contribution in [3.8, 4) is 0 Å². The maximum atomic E-state index is 11.9. The van der Waals surface area contributed by atoms with Crippen molar-refractivity contribution in [1.29, 1.82) is 0 Å². The summed E-state index contributed by atoms with van der Waals surface area (Å²) in [7, 11) is 0. The fourth-order valence-electron chi connectivity index (χ4n) is 2.40. The Labute approximate surface area is 129 Å². The van der Waals surface area contributed by atoms with Gasteiger partial charge in [-0.3, -0.25) is 4.79 Å². The van der Waals surface area contributed by atoms with Gasteiger partial charge >= 0.3 is 0 Å². The summed E-state index contributed by atoms with van der Waals surface area (Å²) in [4.78, 5) is 15.1. The van der Waals surface area contributed by atoms with E-state index in [2.05, 4.69) is 10.3 Å². The quantitative estimate of drug-likeness (QED) is 0.768. The molecule has 0 aliphatic carbocycles. The molecule has 0 aliphatic rings. The van der Waals surface area contributed by atoms with Gasteiger partial charge in [-0.15, -0.1) is 0 Å². The number of carbonyl (C=O) groups is 1. The van der Waals surface area contributed by atoms with Gasteiger partial charge in [0.2, 0.25) is 5.91 Å². The van der Waals surface area contributed by atoms with Gasteiger partial charge in [-0.05, 0) is 30.0 Å². The van der Waals surface area contributed by atoms with E-state index in [9.17, 15) is 9.90 Å². The molecule has 1 amide bonds. The molecule has 0 fully saturated rings. The van der Waals surface area contributed by atoms with Crippen LogP contribution in [0.3, 0.4) is 0 Å². The van der Waals surface area contributed by atoms with E-state index in [-0.39, 0.29) is 12.3 Å². The van der Waals surface area contributed by atoms with E-state index in [1.165, 1.54) is 0 Å². The number of benzene rings is 1. The van der Waals surface area contributed by atoms with E-state index in [0.717, 1.165) is 16.5 Å². The third-order valence-corrected chi connectivity index (χ3v) is 3.59. The molecule has 1 atom stereocenters. The Hall–Kier alpha value is -1.52. The van der Waals surface area contributed by atoms with Crippen molar-refractivity contribution in [1.82, 2.24) is 10.3 Å². The molecule has 0 bridgehead atoms. The highest BCUT2D eigenvalue weighted by atomic mass is 35.5. The Morgan fingerprint density at radius 1 is 1.43 bits per heavy atom. The van der Waals surface area contributed by atoms with Crippen molar-refractivity contribution in [3.05, 3.63) is 35.0 Å². The molecule has 0 aliphatic heterocycles. The summed E-state index contributed by atoms with van der Waals surface area (Å²) in [5.74, 6) is 0.323. The second-order valence-corrected chi connectivity index (χ2v) is 6.20. The second kappa shape index (κ2) is 6.96. The highest BCUT2D eigenvalue weighted by Gasteiger charge is 2.11. The Morgan fingerprint density at radius 2 is 2.19 bits per heavy atom. The lowest BCUT2D eigenvalue weighted by Crippen LogP contribution is -2.33. The zero-order valence-corrected chi connectivity index (χ0v) is 13.1. The van der Waals surface area contributed by atoms with E-state index in [4.69, 9.17) is 11.6 Å². The molecular weight excluding hydrogens is 288 g/mol. The summed E-state index contributed by atoms with van der Waals surface area (Å²) in [6, 6.07) is 5.56. The van der Waals surface area contributed by atoms with Gasteiger partial charge in [0.1, 0.15) is 0 Å². The predicted molar refractivity (Wildman–Crippen MR) is 85.5 cm³/mol. The monoisotopic (exact) mass is 308 g/mol. The third-order valence-electron chi connectivity index (χ3n) is 3.36. The van der Waals surface area contributed by atoms with Crippen LogP contribution in [0.1, 0.15) is 25.8 Å². The Balaban J connectivity index is 1.92. The molecule has 0 saturated carbocycles. The average molecular weight is 309 g/mol. The number of fused-ring (bicyclic) bond motifs is 1. The van der Waals surface area contributed by atoms with Crippen molar-refractivity contribution in [2.24, 2.45) is 5.92 Å². The van der Waals surface area contributed by atoms with Gasteiger partial charge in [-0.25, -0.2) is 0 Å². The largest absolute Gasteiger partial charge is 0.391 e. The lowest BCUT2D eigenvalue weighted by molar-refractivity contribution is -0.120. The van der Waals surface area contributed by atoms with E-state index in [0.29, 0.717) is 23.9 Å². The smallest absolute Gasteiger partial charge is 0.224 e. The average Bonchev–Trinajstić information content (AvgIpc) is 2.78. The summed E-state index contributed by atoms with van der Waals surface area (Å²) in [5.41, 5.74) is 1.85. The molecular formula is C16H21ClN2O2. The number of nitrogens with one attached hydrogen (secondary N) is 2. The Kier molecular flexibility index (Phi) is 5.26. The first-order valence-corrected chi connectivity index (χ1v) is 7.53. The fourth-order valence-corrected chi connectivity index (χ4v) is 2.57. The maximum Gasteiger partial charge on any atom is 0.224 e. The summed E-state index contributed by atoms with van der Waals surface area (Å²) in [6.07, 6.45) is 2.31. The van der Waals surface area contributed by atoms with E-state index in [1.807, 2.05) is 38.2 Å². The minimum atomic E-state index is -0.490. The van der Waals surface area contributed by atoms with Crippen LogP contribution in [0.5, 0.6) is 0 Å². The number of carbonyl (C=O) groups excluding carboxylic acids is 1. The number of hydrogen-bond acceptors (Lipinski definition) is 2. The molecule has 1 aromatic carbocycles. The van der Waals surface area contributed by atoms with Crippen LogP contribution in [0, 0.1) is 5.92 Å². The Morgan fingerprint density at radius 3 is 2.90 bits per heavy atom. The van der Waals surface area contributed by atoms with E-state index < -0.39 is 6.10 Å². The molecule has 4 nitrogen and oxygen atoms in total. The molecule has 1 heterocycles. The van der Waals surface area contributed by atoms with Gasteiger partial charge in [0.05, 0.1) is 12.5 Å². The van der Waals surface area contributed by atoms with Gasteiger partial charge in [-0.1, -0.05) is 31.5 Å². The van der Waals surface area contributed by atoms with Crippen molar-refractivity contribution < 1.29 is 9.90 Å². The lowest BCUT2D eigenvalue weighted by Gasteiger charge is -2.13. The molecule has 1 unspecified atom stereocenters. The zero-order chi connectivity index (χ0) is 15.4. The van der Waals surface area contributed by atoms with Crippen LogP contribution in [0.4, 0.5) is 0 Å². The standard InChI is InChI=1S/C16H21ClN2O2/c1-10(2)5-13(20)9-19-16(21)6-11-8-18-15-7-12(17)3-4-14(11)15/h3-4,7-8,10,13,18,20H,5-6,9H2,1-2H3,(H,19,21). The molecule has 5 heteroatoms. The first-order valence-electron chi connectivity index (χ1n) is 7.16. The fraction of sp³-hybridized carbons (Fsp3) is 0.438. The van der Waals surface area contributed by atoms with Crippen LogP contribution in [0.2, 0.25) is 5.02 Å². The zero-order valence-electron chi connectivity index (χ0n) is 12.3. The number of aromatic nitrogens is 1. The third kappa shape index (κ3) is 4.48. The normalized spacial score (nSPS) is 12.8. The molecule has 0 radical (unpaired) electrons. The summed E-state index contributed by atoms with van der Waals surface area (Å²) in [6.45, 7) is 4.38. The molecule has 21 heavy (non-hydrogen) atoms. The van der Waals surface area contributed by atoms with Crippen molar-refractivity contribution in [3.63, 3.8) is 0 Å². The number of halogens is 1. The molecule has 0 spiro atoms. The topological polar surface area (TPSA) is 65.1 Å². The SMILES string of the molecule is CC(C)CC(O)CNC(=O)Cc1c[nH]c2cc(Cl)ccc12. The lowest BCUT2D eigenvalue weighted by atomic mass is 10.1. The number of aliphatic hydroxyl groups excluding tert-OH is 1. The number of aliphatic hydroxyl groups is 1. The van der Waals surface area contributed by atoms with Crippen LogP contribution in [-0.2, 0) is 11.2 Å². The van der Waals surface area contributed by atoms with Gasteiger partial charge in [0.25, 0.3) is 0 Å². The molecule has 0 saturated heterocycles. The number of H-pyrrole nitrogens is 1. The van der Waals surface area contributed by atoms with Gasteiger partial charge in [-0.2, -0.15) is 0 Å². The minimum absolute atomic E-state index is 0.0892.